The first kappa shape index (κ1) is 14.8. The zero-order chi connectivity index (χ0) is 13.9. The third kappa shape index (κ3) is 3.92. The van der Waals surface area contributed by atoms with E-state index in [0.717, 1.165) is 12.8 Å². The van der Waals surface area contributed by atoms with Crippen molar-refractivity contribution in [2.75, 3.05) is 25.5 Å². The first-order valence-corrected chi connectivity index (χ1v) is 8.39. The molecular weight excluding hydrogens is 332 g/mol. The number of ether oxygens (including phenoxy) is 1. The molecule has 1 aliphatic heterocycles. The Labute approximate surface area is 121 Å². The van der Waals surface area contributed by atoms with Crippen molar-refractivity contribution in [3.63, 3.8) is 0 Å². The summed E-state index contributed by atoms with van der Waals surface area (Å²) in [5, 5.41) is 0. The number of sulfonamides is 1. The van der Waals surface area contributed by atoms with Crippen LogP contribution in [0.3, 0.4) is 0 Å². The Balaban J connectivity index is 2.05. The molecule has 106 valence electrons. The summed E-state index contributed by atoms with van der Waals surface area (Å²) in [6, 6.07) is 4.67. The number of hydrogen-bond acceptors (Lipinski definition) is 4. The van der Waals surface area contributed by atoms with E-state index in [-0.39, 0.29) is 4.90 Å². The molecule has 0 bridgehead atoms. The highest BCUT2D eigenvalue weighted by Crippen LogP contribution is 2.24. The summed E-state index contributed by atoms with van der Waals surface area (Å²) in [5.74, 6) is 0.344. The average Bonchev–Trinajstić information content (AvgIpc) is 2.37. The van der Waals surface area contributed by atoms with Gasteiger partial charge in [0.2, 0.25) is 10.0 Å². The van der Waals surface area contributed by atoms with Gasteiger partial charge in [-0.1, -0.05) is 0 Å². The Morgan fingerprint density at radius 3 is 2.68 bits per heavy atom. The average molecular weight is 349 g/mol. The topological polar surface area (TPSA) is 81.4 Å². The Bertz CT molecular complexity index is 542. The predicted molar refractivity (Wildman–Crippen MR) is 77.3 cm³/mol. The first-order valence-electron chi connectivity index (χ1n) is 6.11. The molecule has 0 saturated carbocycles. The third-order valence-electron chi connectivity index (χ3n) is 3.15. The number of hydrogen-bond donors (Lipinski definition) is 2. The molecule has 0 unspecified atom stereocenters. The van der Waals surface area contributed by atoms with Crippen LogP contribution < -0.4 is 10.5 Å². The van der Waals surface area contributed by atoms with Gasteiger partial charge in [0, 0.05) is 29.9 Å². The molecule has 1 heterocycles. The minimum Gasteiger partial charge on any atom is -0.399 e. The van der Waals surface area contributed by atoms with Crippen molar-refractivity contribution < 1.29 is 13.2 Å². The van der Waals surface area contributed by atoms with Crippen molar-refractivity contribution in [2.45, 2.75) is 17.7 Å². The summed E-state index contributed by atoms with van der Waals surface area (Å²) in [4.78, 5) is 0.216. The van der Waals surface area contributed by atoms with Crippen molar-refractivity contribution >= 4 is 31.6 Å². The van der Waals surface area contributed by atoms with Gasteiger partial charge in [-0.05, 0) is 52.9 Å². The van der Waals surface area contributed by atoms with Gasteiger partial charge in [0.25, 0.3) is 0 Å². The van der Waals surface area contributed by atoms with E-state index in [1.807, 2.05) is 0 Å². The monoisotopic (exact) mass is 348 g/mol. The Morgan fingerprint density at radius 1 is 1.37 bits per heavy atom. The lowest BCUT2D eigenvalue weighted by molar-refractivity contribution is 0.0678. The normalized spacial score (nSPS) is 17.5. The molecule has 1 fully saturated rings. The fraction of sp³-hybridized carbons (Fsp3) is 0.500. The molecule has 5 nitrogen and oxygen atoms in total. The Hall–Kier alpha value is -0.630. The maximum absolute atomic E-state index is 12.2. The van der Waals surface area contributed by atoms with Gasteiger partial charge >= 0.3 is 0 Å². The molecule has 0 radical (unpaired) electrons. The van der Waals surface area contributed by atoms with Crippen LogP contribution in [0.15, 0.2) is 27.6 Å². The fourth-order valence-electron chi connectivity index (χ4n) is 1.99. The molecule has 1 saturated heterocycles. The second-order valence-electron chi connectivity index (χ2n) is 4.60. The Morgan fingerprint density at radius 2 is 2.05 bits per heavy atom. The van der Waals surface area contributed by atoms with Crippen LogP contribution in [0.5, 0.6) is 0 Å². The van der Waals surface area contributed by atoms with Gasteiger partial charge in [0.05, 0.1) is 4.90 Å². The van der Waals surface area contributed by atoms with Gasteiger partial charge < -0.3 is 10.5 Å². The van der Waals surface area contributed by atoms with Crippen LogP contribution in [-0.4, -0.2) is 28.2 Å². The molecule has 3 N–H and O–H groups in total. The van der Waals surface area contributed by atoms with Crippen molar-refractivity contribution in [2.24, 2.45) is 5.92 Å². The first-order chi connectivity index (χ1) is 8.99. The van der Waals surface area contributed by atoms with Crippen molar-refractivity contribution in [1.82, 2.24) is 4.72 Å². The molecule has 0 atom stereocenters. The highest BCUT2D eigenvalue weighted by Gasteiger charge is 2.20. The van der Waals surface area contributed by atoms with E-state index in [0.29, 0.717) is 35.8 Å². The molecule has 7 heteroatoms. The molecule has 19 heavy (non-hydrogen) atoms. The predicted octanol–water partition coefficient (Wildman–Crippen LogP) is 1.74. The number of halogens is 1. The lowest BCUT2D eigenvalue weighted by Gasteiger charge is -2.22. The number of nitrogen functional groups attached to an aromatic ring is 1. The molecule has 0 spiro atoms. The lowest BCUT2D eigenvalue weighted by atomic mass is 10.0. The fourth-order valence-corrected chi connectivity index (χ4v) is 4.20. The minimum atomic E-state index is -3.50. The molecule has 0 aliphatic carbocycles. The standard InChI is InChI=1S/C12H17BrN2O3S/c13-11-7-10(14)1-2-12(11)19(16,17)15-8-9-3-5-18-6-4-9/h1-2,7,9,15H,3-6,8,14H2. The van der Waals surface area contributed by atoms with Crippen LogP contribution in [0.1, 0.15) is 12.8 Å². The second-order valence-corrected chi connectivity index (χ2v) is 7.19. The molecule has 0 aromatic heterocycles. The van der Waals surface area contributed by atoms with E-state index in [9.17, 15) is 8.42 Å². The van der Waals surface area contributed by atoms with Crippen molar-refractivity contribution in [3.8, 4) is 0 Å². The van der Waals surface area contributed by atoms with Gasteiger partial charge in [0.1, 0.15) is 0 Å². The number of benzene rings is 1. The van der Waals surface area contributed by atoms with Crippen molar-refractivity contribution in [3.05, 3.63) is 22.7 Å². The largest absolute Gasteiger partial charge is 0.399 e. The van der Waals surface area contributed by atoms with E-state index in [2.05, 4.69) is 20.7 Å². The molecule has 2 rings (SSSR count). The Kier molecular flexibility index (Phi) is 4.83. The summed E-state index contributed by atoms with van der Waals surface area (Å²) in [6.45, 7) is 1.86. The van der Waals surface area contributed by atoms with Gasteiger partial charge in [0.15, 0.2) is 0 Å². The zero-order valence-electron chi connectivity index (χ0n) is 10.4. The minimum absolute atomic E-state index is 0.216. The summed E-state index contributed by atoms with van der Waals surface area (Å²) >= 11 is 3.23. The van der Waals surface area contributed by atoms with Gasteiger partial charge in [-0.2, -0.15) is 0 Å². The van der Waals surface area contributed by atoms with E-state index in [1.165, 1.54) is 6.07 Å². The zero-order valence-corrected chi connectivity index (χ0v) is 12.8. The van der Waals surface area contributed by atoms with Crippen LogP contribution >= 0.6 is 15.9 Å². The van der Waals surface area contributed by atoms with Crippen LogP contribution in [0.25, 0.3) is 0 Å². The summed E-state index contributed by atoms with van der Waals surface area (Å²) in [6.07, 6.45) is 1.79. The van der Waals surface area contributed by atoms with E-state index in [4.69, 9.17) is 10.5 Å². The molecule has 1 aromatic rings. The number of rotatable bonds is 4. The summed E-state index contributed by atoms with van der Waals surface area (Å²) in [7, 11) is -3.50. The number of nitrogens with two attached hydrogens (primary N) is 1. The van der Waals surface area contributed by atoms with Gasteiger partial charge in [-0.25, -0.2) is 13.1 Å². The van der Waals surface area contributed by atoms with Crippen LogP contribution in [0, 0.1) is 5.92 Å². The van der Waals surface area contributed by atoms with E-state index in [1.54, 1.807) is 12.1 Å². The number of nitrogens with one attached hydrogen (secondary N) is 1. The summed E-state index contributed by atoms with van der Waals surface area (Å²) < 4.78 is 32.8. The molecular formula is C12H17BrN2O3S. The van der Waals surface area contributed by atoms with Gasteiger partial charge in [-0.15, -0.1) is 0 Å². The highest BCUT2D eigenvalue weighted by molar-refractivity contribution is 9.10. The van der Waals surface area contributed by atoms with E-state index >= 15 is 0 Å². The smallest absolute Gasteiger partial charge is 0.241 e. The third-order valence-corrected chi connectivity index (χ3v) is 5.55. The summed E-state index contributed by atoms with van der Waals surface area (Å²) in [5.41, 5.74) is 6.13. The maximum atomic E-state index is 12.2. The van der Waals surface area contributed by atoms with Crippen molar-refractivity contribution in [1.29, 1.82) is 0 Å². The van der Waals surface area contributed by atoms with E-state index < -0.39 is 10.0 Å². The van der Waals surface area contributed by atoms with Crippen LogP contribution in [0.2, 0.25) is 0 Å². The molecule has 1 aromatic carbocycles. The molecule has 0 amide bonds. The SMILES string of the molecule is Nc1ccc(S(=O)(=O)NCC2CCOCC2)c(Br)c1. The number of anilines is 1. The maximum Gasteiger partial charge on any atom is 0.241 e. The second kappa shape index (κ2) is 6.21. The van der Waals surface area contributed by atoms with Crippen LogP contribution in [0.4, 0.5) is 5.69 Å². The van der Waals surface area contributed by atoms with Gasteiger partial charge in [-0.3, -0.25) is 0 Å². The lowest BCUT2D eigenvalue weighted by Crippen LogP contribution is -2.32. The van der Waals surface area contributed by atoms with Crippen LogP contribution in [-0.2, 0) is 14.8 Å². The molecule has 1 aliphatic rings. The quantitative estimate of drug-likeness (QED) is 0.812. The highest BCUT2D eigenvalue weighted by atomic mass is 79.9.